The van der Waals surface area contributed by atoms with Crippen molar-refractivity contribution < 1.29 is 9.84 Å². The summed E-state index contributed by atoms with van der Waals surface area (Å²) in [5, 5.41) is 13.4. The molecule has 0 aromatic heterocycles. The van der Waals surface area contributed by atoms with E-state index in [0.29, 0.717) is 12.5 Å². The van der Waals surface area contributed by atoms with Gasteiger partial charge in [0.25, 0.3) is 0 Å². The zero-order valence-electron chi connectivity index (χ0n) is 12.8. The molecule has 114 valence electrons. The van der Waals surface area contributed by atoms with E-state index in [1.807, 2.05) is 24.3 Å². The van der Waals surface area contributed by atoms with Gasteiger partial charge in [0, 0.05) is 17.6 Å². The van der Waals surface area contributed by atoms with Crippen LogP contribution in [0.25, 0.3) is 0 Å². The number of terminal acetylenes is 1. The minimum atomic E-state index is -0.156. The molecule has 0 bridgehead atoms. The molecule has 0 saturated heterocycles. The van der Waals surface area contributed by atoms with Crippen LogP contribution < -0.4 is 10.1 Å². The molecule has 1 aliphatic carbocycles. The van der Waals surface area contributed by atoms with Crippen molar-refractivity contribution in [2.24, 2.45) is 5.92 Å². The van der Waals surface area contributed by atoms with Crippen molar-refractivity contribution in [1.29, 1.82) is 0 Å². The number of hydrogen-bond acceptors (Lipinski definition) is 3. The summed E-state index contributed by atoms with van der Waals surface area (Å²) in [6.07, 6.45) is 9.73. The second kappa shape index (κ2) is 7.49. The monoisotopic (exact) mass is 287 g/mol. The zero-order valence-corrected chi connectivity index (χ0v) is 12.8. The van der Waals surface area contributed by atoms with Crippen molar-refractivity contribution in [3.63, 3.8) is 0 Å². The molecule has 1 aromatic rings. The molecule has 0 radical (unpaired) electrons. The second-order valence-electron chi connectivity index (χ2n) is 6.09. The van der Waals surface area contributed by atoms with Crippen LogP contribution in [0.15, 0.2) is 24.3 Å². The maximum Gasteiger partial charge on any atom is 0.148 e. The van der Waals surface area contributed by atoms with E-state index in [1.54, 1.807) is 0 Å². The van der Waals surface area contributed by atoms with Crippen molar-refractivity contribution in [3.8, 4) is 18.1 Å². The Morgan fingerprint density at radius 1 is 1.48 bits per heavy atom. The van der Waals surface area contributed by atoms with Gasteiger partial charge in [0.15, 0.2) is 0 Å². The Labute approximate surface area is 127 Å². The molecule has 2 rings (SSSR count). The predicted octanol–water partition coefficient (Wildman–Crippen LogP) is 2.73. The van der Waals surface area contributed by atoms with Crippen LogP contribution in [0.5, 0.6) is 5.75 Å². The van der Waals surface area contributed by atoms with Gasteiger partial charge in [0.1, 0.15) is 12.4 Å². The normalized spacial score (nSPS) is 25.3. The second-order valence-corrected chi connectivity index (χ2v) is 6.09. The van der Waals surface area contributed by atoms with Crippen molar-refractivity contribution in [3.05, 3.63) is 29.8 Å². The van der Waals surface area contributed by atoms with E-state index in [0.717, 1.165) is 24.2 Å². The fourth-order valence-electron chi connectivity index (χ4n) is 3.21. The van der Waals surface area contributed by atoms with E-state index in [2.05, 4.69) is 18.2 Å². The van der Waals surface area contributed by atoms with Gasteiger partial charge in [-0.3, -0.25) is 0 Å². The number of aliphatic hydroxyl groups is 1. The standard InChI is InChI=1S/C18H25NO2/c1-3-11-21-17-9-5-4-8-16(17)13-19-18(14-20)10-6-7-15(2)12-18/h1,4-5,8-9,15,19-20H,6-7,10-14H2,2H3. The Hall–Kier alpha value is -1.50. The number of hydrogen-bond donors (Lipinski definition) is 2. The lowest BCUT2D eigenvalue weighted by Crippen LogP contribution is -2.51. The molecule has 3 heteroatoms. The Bertz CT molecular complexity index is 494. The molecule has 2 atom stereocenters. The SMILES string of the molecule is C#CCOc1ccccc1CNC1(CO)CCCC(C)C1. The number of aliphatic hydroxyl groups excluding tert-OH is 1. The quantitative estimate of drug-likeness (QED) is 0.791. The summed E-state index contributed by atoms with van der Waals surface area (Å²) in [5.74, 6) is 3.97. The summed E-state index contributed by atoms with van der Waals surface area (Å²) in [6.45, 7) is 3.41. The molecule has 1 aliphatic rings. The highest BCUT2D eigenvalue weighted by Gasteiger charge is 2.33. The van der Waals surface area contributed by atoms with Crippen LogP contribution in [0.1, 0.15) is 38.2 Å². The van der Waals surface area contributed by atoms with Gasteiger partial charge in [-0.15, -0.1) is 6.42 Å². The van der Waals surface area contributed by atoms with E-state index >= 15 is 0 Å². The molecule has 2 N–H and O–H groups in total. The van der Waals surface area contributed by atoms with Crippen LogP contribution in [0.4, 0.5) is 0 Å². The average Bonchev–Trinajstić information content (AvgIpc) is 2.52. The van der Waals surface area contributed by atoms with Gasteiger partial charge < -0.3 is 15.2 Å². The van der Waals surface area contributed by atoms with Gasteiger partial charge in [-0.1, -0.05) is 43.9 Å². The van der Waals surface area contributed by atoms with Gasteiger partial charge in [-0.2, -0.15) is 0 Å². The van der Waals surface area contributed by atoms with E-state index < -0.39 is 0 Å². The van der Waals surface area contributed by atoms with Crippen molar-refractivity contribution in [2.45, 2.75) is 44.7 Å². The molecule has 3 nitrogen and oxygen atoms in total. The minimum Gasteiger partial charge on any atom is -0.481 e. The predicted molar refractivity (Wildman–Crippen MR) is 85.1 cm³/mol. The zero-order chi connectivity index (χ0) is 15.1. The van der Waals surface area contributed by atoms with E-state index in [-0.39, 0.29) is 18.8 Å². The van der Waals surface area contributed by atoms with Crippen molar-refractivity contribution in [1.82, 2.24) is 5.32 Å². The van der Waals surface area contributed by atoms with E-state index in [9.17, 15) is 5.11 Å². The Morgan fingerprint density at radius 3 is 3.00 bits per heavy atom. The van der Waals surface area contributed by atoms with Gasteiger partial charge in [0.05, 0.1) is 6.61 Å². The molecular formula is C18H25NO2. The first-order valence-corrected chi connectivity index (χ1v) is 7.69. The molecule has 0 heterocycles. The lowest BCUT2D eigenvalue weighted by atomic mass is 9.77. The molecule has 0 amide bonds. The van der Waals surface area contributed by atoms with Crippen LogP contribution in [-0.2, 0) is 6.54 Å². The smallest absolute Gasteiger partial charge is 0.148 e. The minimum absolute atomic E-state index is 0.156. The van der Waals surface area contributed by atoms with Crippen LogP contribution in [0.3, 0.4) is 0 Å². The highest BCUT2D eigenvalue weighted by molar-refractivity contribution is 5.33. The Kier molecular flexibility index (Phi) is 5.67. The van der Waals surface area contributed by atoms with Crippen molar-refractivity contribution >= 4 is 0 Å². The largest absolute Gasteiger partial charge is 0.481 e. The van der Waals surface area contributed by atoms with Crippen LogP contribution >= 0.6 is 0 Å². The van der Waals surface area contributed by atoms with Crippen LogP contribution in [-0.4, -0.2) is 23.9 Å². The fourth-order valence-corrected chi connectivity index (χ4v) is 3.21. The Morgan fingerprint density at radius 2 is 2.29 bits per heavy atom. The summed E-state index contributed by atoms with van der Waals surface area (Å²) in [5.41, 5.74) is 0.926. The molecule has 0 spiro atoms. The van der Waals surface area contributed by atoms with Crippen molar-refractivity contribution in [2.75, 3.05) is 13.2 Å². The van der Waals surface area contributed by atoms with Crippen LogP contribution in [0, 0.1) is 18.3 Å². The topological polar surface area (TPSA) is 41.5 Å². The Balaban J connectivity index is 2.03. The van der Waals surface area contributed by atoms with Gasteiger partial charge in [-0.25, -0.2) is 0 Å². The number of ether oxygens (including phenoxy) is 1. The number of rotatable bonds is 6. The first kappa shape index (κ1) is 15.9. The molecule has 1 aromatic carbocycles. The number of benzene rings is 1. The third-order valence-electron chi connectivity index (χ3n) is 4.33. The molecular weight excluding hydrogens is 262 g/mol. The summed E-state index contributed by atoms with van der Waals surface area (Å²) in [7, 11) is 0. The summed E-state index contributed by atoms with van der Waals surface area (Å²) in [6, 6.07) is 7.91. The highest BCUT2D eigenvalue weighted by atomic mass is 16.5. The first-order chi connectivity index (χ1) is 10.2. The highest BCUT2D eigenvalue weighted by Crippen LogP contribution is 2.32. The first-order valence-electron chi connectivity index (χ1n) is 7.69. The summed E-state index contributed by atoms with van der Waals surface area (Å²) >= 11 is 0. The van der Waals surface area contributed by atoms with Crippen LogP contribution in [0.2, 0.25) is 0 Å². The summed E-state index contributed by atoms with van der Waals surface area (Å²) in [4.78, 5) is 0. The molecule has 2 unspecified atom stereocenters. The molecule has 1 saturated carbocycles. The third kappa shape index (κ3) is 4.23. The van der Waals surface area contributed by atoms with Gasteiger partial charge >= 0.3 is 0 Å². The van der Waals surface area contributed by atoms with E-state index in [4.69, 9.17) is 11.2 Å². The molecule has 21 heavy (non-hydrogen) atoms. The number of para-hydroxylation sites is 1. The fraction of sp³-hybridized carbons (Fsp3) is 0.556. The molecule has 1 fully saturated rings. The lowest BCUT2D eigenvalue weighted by Gasteiger charge is -2.39. The summed E-state index contributed by atoms with van der Waals surface area (Å²) < 4.78 is 5.58. The maximum atomic E-state index is 9.83. The van der Waals surface area contributed by atoms with Gasteiger partial charge in [-0.05, 0) is 24.8 Å². The maximum absolute atomic E-state index is 9.83. The number of nitrogens with one attached hydrogen (secondary N) is 1. The van der Waals surface area contributed by atoms with E-state index in [1.165, 1.54) is 12.8 Å². The lowest BCUT2D eigenvalue weighted by molar-refractivity contribution is 0.0980. The average molecular weight is 287 g/mol. The third-order valence-corrected chi connectivity index (χ3v) is 4.33. The van der Waals surface area contributed by atoms with Gasteiger partial charge in [0.2, 0.25) is 0 Å². The molecule has 0 aliphatic heterocycles.